The summed E-state index contributed by atoms with van der Waals surface area (Å²) < 4.78 is 30.1. The number of hydrogen-bond donors (Lipinski definition) is 1. The summed E-state index contributed by atoms with van der Waals surface area (Å²) in [7, 11) is -2.15. The standard InChI is InChI=1S/C19H17ClN6O4S/c1-11(23-18(27)13-6-14(20)8-15(7-13)31(3,28)29)17-24-19(30-2)25-26(17)16-5-4-12(9-21)10-22-16/h4-8,10-11H,1-3H3,(H,23,27)/t11-/m0/s1. The average Bonchev–Trinajstić information content (AvgIpc) is 3.17. The fraction of sp³-hybridized carbons (Fsp3) is 0.211. The summed E-state index contributed by atoms with van der Waals surface area (Å²) in [5.41, 5.74) is 0.454. The minimum absolute atomic E-state index is 0.0596. The van der Waals surface area contributed by atoms with Gasteiger partial charge in [0.05, 0.1) is 23.6 Å². The highest BCUT2D eigenvalue weighted by Gasteiger charge is 2.22. The van der Waals surface area contributed by atoms with E-state index >= 15 is 0 Å². The van der Waals surface area contributed by atoms with E-state index < -0.39 is 21.8 Å². The van der Waals surface area contributed by atoms with E-state index in [-0.39, 0.29) is 21.5 Å². The highest BCUT2D eigenvalue weighted by molar-refractivity contribution is 7.90. The van der Waals surface area contributed by atoms with Crippen LogP contribution >= 0.6 is 11.6 Å². The smallest absolute Gasteiger partial charge is 0.335 e. The summed E-state index contributed by atoms with van der Waals surface area (Å²) in [6.07, 6.45) is 2.41. The molecule has 1 aromatic carbocycles. The zero-order valence-corrected chi connectivity index (χ0v) is 18.3. The lowest BCUT2D eigenvalue weighted by atomic mass is 10.2. The Balaban J connectivity index is 1.92. The number of halogens is 1. The van der Waals surface area contributed by atoms with Gasteiger partial charge in [0.15, 0.2) is 21.5 Å². The molecule has 0 saturated carbocycles. The number of carbonyl (C=O) groups excluding carboxylic acids is 1. The maximum atomic E-state index is 12.8. The van der Waals surface area contributed by atoms with Gasteiger partial charge in [-0.15, -0.1) is 5.10 Å². The molecule has 2 aromatic heterocycles. The number of hydrogen-bond acceptors (Lipinski definition) is 8. The van der Waals surface area contributed by atoms with Gasteiger partial charge in [-0.2, -0.15) is 14.9 Å². The average molecular weight is 461 g/mol. The van der Waals surface area contributed by atoms with E-state index in [9.17, 15) is 13.2 Å². The maximum absolute atomic E-state index is 12.8. The Morgan fingerprint density at radius 3 is 2.65 bits per heavy atom. The fourth-order valence-corrected chi connectivity index (χ4v) is 3.65. The number of nitrogens with zero attached hydrogens (tertiary/aromatic N) is 5. The molecule has 0 aliphatic carbocycles. The molecule has 160 valence electrons. The van der Waals surface area contributed by atoms with Crippen molar-refractivity contribution in [3.63, 3.8) is 0 Å². The van der Waals surface area contributed by atoms with Gasteiger partial charge in [0.2, 0.25) is 0 Å². The van der Waals surface area contributed by atoms with E-state index in [1.165, 1.54) is 36.2 Å². The van der Waals surface area contributed by atoms with Crippen LogP contribution in [0.15, 0.2) is 41.4 Å². The predicted octanol–water partition coefficient (Wildman–Crippen LogP) is 2.09. The number of rotatable bonds is 6. The Morgan fingerprint density at radius 1 is 1.32 bits per heavy atom. The minimum atomic E-state index is -3.55. The predicted molar refractivity (Wildman–Crippen MR) is 111 cm³/mol. The van der Waals surface area contributed by atoms with Crippen LogP contribution in [0.3, 0.4) is 0 Å². The molecule has 1 N–H and O–H groups in total. The number of methoxy groups -OCH3 is 1. The lowest BCUT2D eigenvalue weighted by Gasteiger charge is -2.14. The van der Waals surface area contributed by atoms with Crippen LogP contribution in [-0.4, -0.2) is 47.4 Å². The molecule has 31 heavy (non-hydrogen) atoms. The van der Waals surface area contributed by atoms with Gasteiger partial charge in [0, 0.05) is 23.0 Å². The molecule has 0 bridgehead atoms. The van der Waals surface area contributed by atoms with Crippen molar-refractivity contribution in [3.8, 4) is 17.9 Å². The molecular weight excluding hydrogens is 444 g/mol. The van der Waals surface area contributed by atoms with Crippen molar-refractivity contribution >= 4 is 27.3 Å². The highest BCUT2D eigenvalue weighted by atomic mass is 35.5. The van der Waals surface area contributed by atoms with Gasteiger partial charge in [0.1, 0.15) is 6.07 Å². The molecule has 3 aromatic rings. The Morgan fingerprint density at radius 2 is 2.06 bits per heavy atom. The number of nitrogens with one attached hydrogen (secondary N) is 1. The third-order valence-corrected chi connectivity index (χ3v) is 5.50. The van der Waals surface area contributed by atoms with Gasteiger partial charge in [-0.05, 0) is 37.3 Å². The molecule has 0 aliphatic rings. The highest BCUT2D eigenvalue weighted by Crippen LogP contribution is 2.21. The van der Waals surface area contributed by atoms with Gasteiger partial charge in [-0.25, -0.2) is 13.4 Å². The Labute approximate surface area is 183 Å². The van der Waals surface area contributed by atoms with Gasteiger partial charge >= 0.3 is 6.01 Å². The van der Waals surface area contributed by atoms with E-state index in [0.29, 0.717) is 17.2 Å². The van der Waals surface area contributed by atoms with E-state index in [1.807, 2.05) is 6.07 Å². The topological polar surface area (TPSA) is 140 Å². The summed E-state index contributed by atoms with van der Waals surface area (Å²) >= 11 is 5.99. The van der Waals surface area contributed by atoms with Gasteiger partial charge in [0.25, 0.3) is 5.91 Å². The molecule has 0 aliphatic heterocycles. The molecule has 0 saturated heterocycles. The SMILES string of the molecule is COc1nc([C@H](C)NC(=O)c2cc(Cl)cc(S(C)(=O)=O)c2)n(-c2ccc(C#N)cn2)n1. The molecule has 0 fully saturated rings. The van der Waals surface area contributed by atoms with Crippen molar-refractivity contribution in [1.29, 1.82) is 5.26 Å². The van der Waals surface area contributed by atoms with Crippen molar-refractivity contribution in [2.24, 2.45) is 0 Å². The minimum Gasteiger partial charge on any atom is -0.466 e. The number of pyridine rings is 1. The van der Waals surface area contributed by atoms with E-state index in [1.54, 1.807) is 19.1 Å². The first-order valence-electron chi connectivity index (χ1n) is 8.81. The summed E-state index contributed by atoms with van der Waals surface area (Å²) in [5, 5.41) is 16.0. The number of carbonyl (C=O) groups is 1. The van der Waals surface area contributed by atoms with Crippen LogP contribution in [0.5, 0.6) is 6.01 Å². The normalized spacial score (nSPS) is 12.1. The second-order valence-electron chi connectivity index (χ2n) is 6.53. The first-order valence-corrected chi connectivity index (χ1v) is 11.1. The number of aromatic nitrogens is 4. The monoisotopic (exact) mass is 460 g/mol. The molecule has 0 radical (unpaired) electrons. The van der Waals surface area contributed by atoms with Crippen LogP contribution in [0.1, 0.15) is 34.7 Å². The van der Waals surface area contributed by atoms with Crippen molar-refractivity contribution in [2.75, 3.05) is 13.4 Å². The molecule has 2 heterocycles. The molecule has 0 unspecified atom stereocenters. The summed E-state index contributed by atoms with van der Waals surface area (Å²) in [6.45, 7) is 1.67. The Bertz CT molecular complexity index is 1280. The zero-order chi connectivity index (χ0) is 22.8. The maximum Gasteiger partial charge on any atom is 0.335 e. The van der Waals surface area contributed by atoms with Crippen LogP contribution in [0.2, 0.25) is 5.02 Å². The summed E-state index contributed by atoms with van der Waals surface area (Å²) in [6, 6.07) is 8.42. The molecule has 0 spiro atoms. The Kier molecular flexibility index (Phi) is 6.24. The summed E-state index contributed by atoms with van der Waals surface area (Å²) in [5.74, 6) is 0.127. The van der Waals surface area contributed by atoms with Crippen LogP contribution in [0.4, 0.5) is 0 Å². The second-order valence-corrected chi connectivity index (χ2v) is 8.98. The van der Waals surface area contributed by atoms with Crippen molar-refractivity contribution in [2.45, 2.75) is 17.9 Å². The van der Waals surface area contributed by atoms with E-state index in [2.05, 4.69) is 20.4 Å². The number of amides is 1. The van der Waals surface area contributed by atoms with Crippen LogP contribution < -0.4 is 10.1 Å². The van der Waals surface area contributed by atoms with Crippen LogP contribution in [-0.2, 0) is 9.84 Å². The molecule has 1 atom stereocenters. The van der Waals surface area contributed by atoms with Crippen molar-refractivity contribution in [1.82, 2.24) is 25.1 Å². The van der Waals surface area contributed by atoms with Crippen molar-refractivity contribution in [3.05, 3.63) is 58.5 Å². The number of ether oxygens (including phenoxy) is 1. The zero-order valence-electron chi connectivity index (χ0n) is 16.7. The van der Waals surface area contributed by atoms with Gasteiger partial charge < -0.3 is 10.1 Å². The second kappa shape index (κ2) is 8.71. The largest absolute Gasteiger partial charge is 0.466 e. The van der Waals surface area contributed by atoms with Gasteiger partial charge in [-0.3, -0.25) is 4.79 Å². The van der Waals surface area contributed by atoms with Crippen molar-refractivity contribution < 1.29 is 17.9 Å². The first-order chi connectivity index (χ1) is 14.6. The first kappa shape index (κ1) is 22.2. The molecule has 3 rings (SSSR count). The molecule has 1 amide bonds. The quantitative estimate of drug-likeness (QED) is 0.589. The number of benzene rings is 1. The Hall–Kier alpha value is -3.49. The third kappa shape index (κ3) is 4.99. The van der Waals surface area contributed by atoms with E-state index in [4.69, 9.17) is 21.6 Å². The lowest BCUT2D eigenvalue weighted by Crippen LogP contribution is -2.29. The summed E-state index contributed by atoms with van der Waals surface area (Å²) in [4.78, 5) is 21.1. The molecule has 12 heteroatoms. The number of sulfone groups is 1. The molecule has 10 nitrogen and oxygen atoms in total. The third-order valence-electron chi connectivity index (χ3n) is 4.19. The van der Waals surface area contributed by atoms with Crippen LogP contribution in [0, 0.1) is 11.3 Å². The van der Waals surface area contributed by atoms with Crippen LogP contribution in [0.25, 0.3) is 5.82 Å². The lowest BCUT2D eigenvalue weighted by molar-refractivity contribution is 0.0937. The van der Waals surface area contributed by atoms with Gasteiger partial charge in [-0.1, -0.05) is 11.6 Å². The number of nitriles is 1. The fourth-order valence-electron chi connectivity index (χ4n) is 2.67. The van der Waals surface area contributed by atoms with E-state index in [0.717, 1.165) is 6.26 Å². The molecular formula is C19H17ClN6O4S.